The van der Waals surface area contributed by atoms with E-state index in [0.717, 1.165) is 18.6 Å². The summed E-state index contributed by atoms with van der Waals surface area (Å²) in [5, 5.41) is 0. The molecule has 1 nitrogen and oxygen atoms in total. The van der Waals surface area contributed by atoms with Crippen molar-refractivity contribution in [3.63, 3.8) is 0 Å². The molecular weight excluding hydrogens is 668 g/mol. The lowest BCUT2D eigenvalue weighted by Gasteiger charge is -2.11. The van der Waals surface area contributed by atoms with E-state index < -0.39 is 0 Å². The van der Waals surface area contributed by atoms with Gasteiger partial charge in [-0.2, -0.15) is 0 Å². The average Bonchev–Trinajstić information content (AvgIpc) is 2.31. The van der Waals surface area contributed by atoms with Gasteiger partial charge in [-0.15, -0.1) is 0 Å². The van der Waals surface area contributed by atoms with Gasteiger partial charge in [-0.25, -0.2) is 0 Å². The molecule has 5 heteroatoms. The summed E-state index contributed by atoms with van der Waals surface area (Å²) in [7, 11) is 0. The van der Waals surface area contributed by atoms with Gasteiger partial charge in [0.2, 0.25) is 0 Å². The van der Waals surface area contributed by atoms with Crippen molar-refractivity contribution in [3.8, 4) is 11.5 Å². The van der Waals surface area contributed by atoms with Crippen LogP contribution in [0.15, 0.2) is 36.4 Å². The van der Waals surface area contributed by atoms with Gasteiger partial charge < -0.3 is 4.74 Å². The molecule has 0 radical (unpaired) electrons. The first-order chi connectivity index (χ1) is 8.09. The van der Waals surface area contributed by atoms with E-state index >= 15 is 0 Å². The van der Waals surface area contributed by atoms with Crippen LogP contribution in [0.25, 0.3) is 0 Å². The molecule has 0 heterocycles. The van der Waals surface area contributed by atoms with Crippen molar-refractivity contribution in [2.45, 2.75) is 0 Å². The van der Waals surface area contributed by atoms with E-state index in [2.05, 4.69) is 102 Å². The summed E-state index contributed by atoms with van der Waals surface area (Å²) in [6.07, 6.45) is 0. The van der Waals surface area contributed by atoms with Gasteiger partial charge in [0.25, 0.3) is 0 Å². The van der Waals surface area contributed by atoms with Gasteiger partial charge in [-0.05, 0) is 115 Å². The molecule has 0 amide bonds. The van der Waals surface area contributed by atoms with Gasteiger partial charge in [-0.3, -0.25) is 0 Å². The fourth-order valence-electron chi connectivity index (χ4n) is 1.24. The van der Waals surface area contributed by atoms with Crippen molar-refractivity contribution >= 4 is 90.4 Å². The molecule has 88 valence electrons. The molecule has 0 saturated carbocycles. The molecule has 17 heavy (non-hydrogen) atoms. The molecule has 0 aliphatic rings. The van der Waals surface area contributed by atoms with Crippen LogP contribution in [-0.4, -0.2) is 0 Å². The summed E-state index contributed by atoms with van der Waals surface area (Å²) < 4.78 is 10.7. The van der Waals surface area contributed by atoms with E-state index in [0.29, 0.717) is 0 Å². The Balaban J connectivity index is 2.38. The Morgan fingerprint density at radius 3 is 1.47 bits per heavy atom. The molecule has 0 unspecified atom stereocenters. The van der Waals surface area contributed by atoms with Crippen LogP contribution in [0.5, 0.6) is 11.5 Å². The monoisotopic (exact) mass is 674 g/mol. The Morgan fingerprint density at radius 2 is 1.06 bits per heavy atom. The van der Waals surface area contributed by atoms with Crippen LogP contribution in [0.4, 0.5) is 0 Å². The first kappa shape index (κ1) is 14.6. The van der Waals surface area contributed by atoms with Crippen molar-refractivity contribution in [3.05, 3.63) is 50.7 Å². The standard InChI is InChI=1S/C12H6I4O/c13-7-3-1-5-9(11(7)15)17-10-6-2-4-8(14)12(10)16/h1-6H. The summed E-state index contributed by atoms with van der Waals surface area (Å²) in [6.45, 7) is 0. The highest BCUT2D eigenvalue weighted by molar-refractivity contribution is 14.1. The van der Waals surface area contributed by atoms with Crippen LogP contribution in [0, 0.1) is 14.3 Å². The van der Waals surface area contributed by atoms with E-state index in [1.807, 2.05) is 24.3 Å². The molecule has 0 aromatic heterocycles. The lowest BCUT2D eigenvalue weighted by Crippen LogP contribution is -1.92. The molecule has 0 spiro atoms. The van der Waals surface area contributed by atoms with Gasteiger partial charge >= 0.3 is 0 Å². The van der Waals surface area contributed by atoms with Crippen molar-refractivity contribution < 1.29 is 4.74 Å². The first-order valence-electron chi connectivity index (χ1n) is 4.65. The molecule has 0 fully saturated rings. The second-order valence-corrected chi connectivity index (χ2v) is 7.69. The normalized spacial score (nSPS) is 10.4. The number of ether oxygens (including phenoxy) is 1. The third kappa shape index (κ3) is 3.59. The van der Waals surface area contributed by atoms with Crippen molar-refractivity contribution in [1.82, 2.24) is 0 Å². The Labute approximate surface area is 155 Å². The molecular formula is C12H6I4O. The van der Waals surface area contributed by atoms with E-state index in [1.54, 1.807) is 0 Å². The molecule has 0 N–H and O–H groups in total. The molecule has 0 aliphatic heterocycles. The lowest BCUT2D eigenvalue weighted by molar-refractivity contribution is 0.475. The van der Waals surface area contributed by atoms with Crippen LogP contribution in [-0.2, 0) is 0 Å². The summed E-state index contributed by atoms with van der Waals surface area (Å²) >= 11 is 9.26. The molecule has 2 aromatic rings. The van der Waals surface area contributed by atoms with Crippen molar-refractivity contribution in [1.29, 1.82) is 0 Å². The highest BCUT2D eigenvalue weighted by Gasteiger charge is 2.09. The Bertz CT molecular complexity index is 505. The van der Waals surface area contributed by atoms with Gasteiger partial charge in [-0.1, -0.05) is 12.1 Å². The highest BCUT2D eigenvalue weighted by Crippen LogP contribution is 2.33. The van der Waals surface area contributed by atoms with Gasteiger partial charge in [0, 0.05) is 7.14 Å². The number of hydrogen-bond donors (Lipinski definition) is 0. The molecule has 2 rings (SSSR count). The third-order valence-corrected chi connectivity index (χ3v) is 8.14. The lowest BCUT2D eigenvalue weighted by atomic mass is 10.3. The molecule has 0 saturated heterocycles. The number of rotatable bonds is 2. The third-order valence-electron chi connectivity index (χ3n) is 2.05. The zero-order valence-electron chi connectivity index (χ0n) is 8.38. The minimum atomic E-state index is 0.914. The highest BCUT2D eigenvalue weighted by atomic mass is 127. The smallest absolute Gasteiger partial charge is 0.141 e. The van der Waals surface area contributed by atoms with Crippen molar-refractivity contribution in [2.75, 3.05) is 0 Å². The summed E-state index contributed by atoms with van der Waals surface area (Å²) in [5.74, 6) is 1.83. The summed E-state index contributed by atoms with van der Waals surface area (Å²) in [5.41, 5.74) is 0. The molecule has 2 aromatic carbocycles. The Kier molecular flexibility index (Phi) is 5.61. The van der Waals surface area contributed by atoms with E-state index in [1.165, 1.54) is 7.14 Å². The summed E-state index contributed by atoms with van der Waals surface area (Å²) in [6, 6.07) is 12.2. The van der Waals surface area contributed by atoms with Gasteiger partial charge in [0.1, 0.15) is 11.5 Å². The summed E-state index contributed by atoms with van der Waals surface area (Å²) in [4.78, 5) is 0. The van der Waals surface area contributed by atoms with Crippen molar-refractivity contribution in [2.24, 2.45) is 0 Å². The van der Waals surface area contributed by atoms with Crippen LogP contribution in [0.2, 0.25) is 0 Å². The molecule has 0 aliphatic carbocycles. The topological polar surface area (TPSA) is 9.23 Å². The van der Waals surface area contributed by atoms with Crippen LogP contribution in [0.3, 0.4) is 0 Å². The average molecular weight is 674 g/mol. The zero-order valence-corrected chi connectivity index (χ0v) is 17.0. The minimum Gasteiger partial charge on any atom is -0.455 e. The van der Waals surface area contributed by atoms with Gasteiger partial charge in [0.05, 0.1) is 7.14 Å². The van der Waals surface area contributed by atoms with Gasteiger partial charge in [0.15, 0.2) is 0 Å². The second-order valence-electron chi connectivity index (χ2n) is 3.21. The number of hydrogen-bond acceptors (Lipinski definition) is 1. The largest absolute Gasteiger partial charge is 0.455 e. The van der Waals surface area contributed by atoms with E-state index in [9.17, 15) is 0 Å². The minimum absolute atomic E-state index is 0.914. The molecule has 0 atom stereocenters. The number of benzene rings is 2. The number of halogens is 4. The van der Waals surface area contributed by atoms with Crippen LogP contribution in [0.1, 0.15) is 0 Å². The predicted octanol–water partition coefficient (Wildman–Crippen LogP) is 5.90. The maximum Gasteiger partial charge on any atom is 0.141 e. The predicted molar refractivity (Wildman–Crippen MR) is 104 cm³/mol. The SMILES string of the molecule is Ic1cccc(Oc2cccc(I)c2I)c1I. The maximum absolute atomic E-state index is 5.98. The second kappa shape index (κ2) is 6.55. The van der Waals surface area contributed by atoms with E-state index in [-0.39, 0.29) is 0 Å². The van der Waals surface area contributed by atoms with E-state index in [4.69, 9.17) is 4.74 Å². The van der Waals surface area contributed by atoms with Crippen LogP contribution >= 0.6 is 90.4 Å². The maximum atomic E-state index is 5.98. The Morgan fingerprint density at radius 1 is 0.647 bits per heavy atom. The molecule has 0 bridgehead atoms. The first-order valence-corrected chi connectivity index (χ1v) is 8.97. The Hall–Kier alpha value is 1.16. The quantitative estimate of drug-likeness (QED) is 0.361. The zero-order chi connectivity index (χ0) is 12.4. The fourth-order valence-corrected chi connectivity index (χ4v) is 3.13. The van der Waals surface area contributed by atoms with Crippen LogP contribution < -0.4 is 4.74 Å². The fraction of sp³-hybridized carbons (Fsp3) is 0.